The second-order valence-corrected chi connectivity index (χ2v) is 17.8. The van der Waals surface area contributed by atoms with Crippen LogP contribution >= 0.6 is 0 Å². The fraction of sp³-hybridized carbons (Fsp3) is 0.712. The molecule has 0 saturated heterocycles. The highest BCUT2D eigenvalue weighted by atomic mass is 16.6. The van der Waals surface area contributed by atoms with E-state index in [1.165, 1.54) is 116 Å². The van der Waals surface area contributed by atoms with Crippen molar-refractivity contribution in [3.63, 3.8) is 0 Å². The van der Waals surface area contributed by atoms with Crippen molar-refractivity contribution in [1.29, 1.82) is 0 Å². The lowest BCUT2D eigenvalue weighted by atomic mass is 10.0. The van der Waals surface area contributed by atoms with Gasteiger partial charge in [0.1, 0.15) is 13.2 Å². The lowest BCUT2D eigenvalue weighted by molar-refractivity contribution is -0.167. The predicted molar refractivity (Wildman–Crippen MR) is 279 cm³/mol. The van der Waals surface area contributed by atoms with E-state index in [0.29, 0.717) is 19.3 Å². The first-order chi connectivity index (χ1) is 32.0. The molecule has 0 aromatic heterocycles. The van der Waals surface area contributed by atoms with E-state index >= 15 is 0 Å². The molecule has 0 saturated carbocycles. The minimum atomic E-state index is -0.803. The summed E-state index contributed by atoms with van der Waals surface area (Å²) in [4.78, 5) is 38.0. The smallest absolute Gasteiger partial charge is 0.306 e. The van der Waals surface area contributed by atoms with Gasteiger partial charge in [-0.15, -0.1) is 0 Å². The predicted octanol–water partition coefficient (Wildman–Crippen LogP) is 18.0. The molecular weight excluding hydrogens is 805 g/mol. The molecule has 0 aromatic rings. The summed E-state index contributed by atoms with van der Waals surface area (Å²) >= 11 is 0. The number of hydrogen-bond donors (Lipinski definition) is 0. The minimum Gasteiger partial charge on any atom is -0.462 e. The maximum absolute atomic E-state index is 12.8. The van der Waals surface area contributed by atoms with E-state index in [2.05, 4.69) is 106 Å². The van der Waals surface area contributed by atoms with Crippen molar-refractivity contribution in [3.05, 3.63) is 85.1 Å². The van der Waals surface area contributed by atoms with Crippen LogP contribution in [0.2, 0.25) is 0 Å². The number of rotatable bonds is 48. The van der Waals surface area contributed by atoms with Crippen LogP contribution in [-0.4, -0.2) is 37.2 Å². The maximum Gasteiger partial charge on any atom is 0.306 e. The molecule has 6 heteroatoms. The standard InChI is InChI=1S/C59H100O6/c1-4-7-10-13-16-19-22-25-27-28-29-30-32-35-37-40-43-46-49-52-58(61)64-55-56(65-59(62)53-50-47-44-41-38-33-24-21-18-15-12-9-6-3)54-63-57(60)51-48-45-42-39-36-34-31-26-23-20-17-14-11-8-5-2/h16-17,19-20,25-27,29-31,35-37,39,56H,4-15,18,21-24,28,32-34,38,40-55H2,1-3H3/b19-16-,20-17-,27-25-,30-29-,31-26-,37-35-,39-36-/t56-/m0/s1. The monoisotopic (exact) mass is 905 g/mol. The highest BCUT2D eigenvalue weighted by Crippen LogP contribution is 2.14. The van der Waals surface area contributed by atoms with Gasteiger partial charge in [0.15, 0.2) is 6.10 Å². The zero-order chi connectivity index (χ0) is 47.2. The third kappa shape index (κ3) is 51.4. The molecule has 0 N–H and O–H groups in total. The number of unbranched alkanes of at least 4 members (excludes halogenated alkanes) is 23. The van der Waals surface area contributed by atoms with Gasteiger partial charge in [0.25, 0.3) is 0 Å². The molecule has 0 radical (unpaired) electrons. The number of ether oxygens (including phenoxy) is 3. The first kappa shape index (κ1) is 61.6. The fourth-order valence-electron chi connectivity index (χ4n) is 7.25. The fourth-order valence-corrected chi connectivity index (χ4v) is 7.25. The Hall–Kier alpha value is -3.41. The molecular formula is C59H100O6. The van der Waals surface area contributed by atoms with Gasteiger partial charge in [0, 0.05) is 19.3 Å². The van der Waals surface area contributed by atoms with Crippen LogP contribution in [0.4, 0.5) is 0 Å². The summed E-state index contributed by atoms with van der Waals surface area (Å²) in [5.74, 6) is -0.968. The van der Waals surface area contributed by atoms with E-state index in [9.17, 15) is 14.4 Å². The van der Waals surface area contributed by atoms with Crippen molar-refractivity contribution in [1.82, 2.24) is 0 Å². The molecule has 6 nitrogen and oxygen atoms in total. The van der Waals surface area contributed by atoms with Crippen molar-refractivity contribution in [2.45, 2.75) is 258 Å². The van der Waals surface area contributed by atoms with Gasteiger partial charge in [-0.1, -0.05) is 215 Å². The summed E-state index contributed by atoms with van der Waals surface area (Å²) in [5.41, 5.74) is 0. The average molecular weight is 905 g/mol. The summed E-state index contributed by atoms with van der Waals surface area (Å²) in [6.07, 6.45) is 68.5. The molecule has 0 aliphatic rings. The van der Waals surface area contributed by atoms with Crippen LogP contribution in [0.3, 0.4) is 0 Å². The molecule has 0 amide bonds. The van der Waals surface area contributed by atoms with E-state index in [0.717, 1.165) is 96.3 Å². The van der Waals surface area contributed by atoms with Crippen molar-refractivity contribution in [3.8, 4) is 0 Å². The Balaban J connectivity index is 4.48. The number of carbonyl (C=O) groups is 3. The van der Waals surface area contributed by atoms with Crippen LogP contribution in [-0.2, 0) is 28.6 Å². The Kier molecular flexibility index (Phi) is 50.4. The van der Waals surface area contributed by atoms with Crippen molar-refractivity contribution < 1.29 is 28.6 Å². The first-order valence-electron chi connectivity index (χ1n) is 27.1. The summed E-state index contributed by atoms with van der Waals surface area (Å²) in [7, 11) is 0. The third-order valence-electron chi connectivity index (χ3n) is 11.4. The van der Waals surface area contributed by atoms with Crippen LogP contribution in [0.1, 0.15) is 252 Å². The van der Waals surface area contributed by atoms with Crippen LogP contribution in [0, 0.1) is 0 Å². The Morgan fingerprint density at radius 1 is 0.308 bits per heavy atom. The van der Waals surface area contributed by atoms with E-state index in [1.54, 1.807) is 0 Å². The number of hydrogen-bond acceptors (Lipinski definition) is 6. The molecule has 0 aromatic carbocycles. The average Bonchev–Trinajstić information content (AvgIpc) is 3.30. The van der Waals surface area contributed by atoms with E-state index in [-0.39, 0.29) is 31.1 Å². The molecule has 1 atom stereocenters. The highest BCUT2D eigenvalue weighted by molar-refractivity contribution is 5.71. The van der Waals surface area contributed by atoms with Crippen molar-refractivity contribution in [2.75, 3.05) is 13.2 Å². The van der Waals surface area contributed by atoms with Gasteiger partial charge >= 0.3 is 17.9 Å². The van der Waals surface area contributed by atoms with Gasteiger partial charge in [-0.3, -0.25) is 14.4 Å². The summed E-state index contributed by atoms with van der Waals surface area (Å²) in [5, 5.41) is 0. The normalized spacial score (nSPS) is 12.7. The minimum absolute atomic E-state index is 0.104. The Morgan fingerprint density at radius 2 is 0.554 bits per heavy atom. The van der Waals surface area contributed by atoms with Gasteiger partial charge in [-0.05, 0) is 103 Å². The number of carbonyl (C=O) groups excluding carboxylic acids is 3. The van der Waals surface area contributed by atoms with Gasteiger partial charge < -0.3 is 14.2 Å². The topological polar surface area (TPSA) is 78.9 Å². The van der Waals surface area contributed by atoms with E-state index in [1.807, 2.05) is 0 Å². The molecule has 0 unspecified atom stereocenters. The quantitative estimate of drug-likeness (QED) is 0.0262. The zero-order valence-corrected chi connectivity index (χ0v) is 42.5. The summed E-state index contributed by atoms with van der Waals surface area (Å²) < 4.78 is 16.8. The molecule has 0 bridgehead atoms. The van der Waals surface area contributed by atoms with E-state index in [4.69, 9.17) is 14.2 Å². The van der Waals surface area contributed by atoms with Gasteiger partial charge in [0.05, 0.1) is 0 Å². The Morgan fingerprint density at radius 3 is 0.923 bits per heavy atom. The third-order valence-corrected chi connectivity index (χ3v) is 11.4. The molecule has 0 aliphatic heterocycles. The largest absolute Gasteiger partial charge is 0.462 e. The van der Waals surface area contributed by atoms with Crippen LogP contribution in [0.25, 0.3) is 0 Å². The highest BCUT2D eigenvalue weighted by Gasteiger charge is 2.19. The number of allylic oxidation sites excluding steroid dienone is 14. The SMILES string of the molecule is CCCCC/C=C\C/C=C\C/C=C\C/C=C\CCCCCC(=O)OC[C@H](COC(=O)CCCC/C=C\C/C=C\C/C=C\CCCCC)OC(=O)CCCCCCCCCCCCCCC. The molecule has 0 rings (SSSR count). The number of esters is 3. The molecule has 0 fully saturated rings. The van der Waals surface area contributed by atoms with Crippen molar-refractivity contribution >= 4 is 17.9 Å². The molecule has 372 valence electrons. The summed E-state index contributed by atoms with van der Waals surface area (Å²) in [6, 6.07) is 0. The second-order valence-electron chi connectivity index (χ2n) is 17.8. The molecule has 0 aliphatic carbocycles. The Bertz CT molecular complexity index is 1270. The molecule has 0 heterocycles. The van der Waals surface area contributed by atoms with Crippen LogP contribution < -0.4 is 0 Å². The van der Waals surface area contributed by atoms with E-state index < -0.39 is 6.10 Å². The van der Waals surface area contributed by atoms with Crippen LogP contribution in [0.15, 0.2) is 85.1 Å². The van der Waals surface area contributed by atoms with Crippen LogP contribution in [0.5, 0.6) is 0 Å². The maximum atomic E-state index is 12.8. The molecule has 65 heavy (non-hydrogen) atoms. The lowest BCUT2D eigenvalue weighted by Crippen LogP contribution is -2.30. The molecule has 0 spiro atoms. The van der Waals surface area contributed by atoms with Crippen molar-refractivity contribution in [2.24, 2.45) is 0 Å². The zero-order valence-electron chi connectivity index (χ0n) is 42.5. The van der Waals surface area contributed by atoms with Gasteiger partial charge in [0.2, 0.25) is 0 Å². The second kappa shape index (κ2) is 53.2. The van der Waals surface area contributed by atoms with Gasteiger partial charge in [-0.2, -0.15) is 0 Å². The van der Waals surface area contributed by atoms with Gasteiger partial charge in [-0.25, -0.2) is 0 Å². The lowest BCUT2D eigenvalue weighted by Gasteiger charge is -2.18. The first-order valence-corrected chi connectivity index (χ1v) is 27.1. The Labute approximate surface area is 401 Å². The summed E-state index contributed by atoms with van der Waals surface area (Å²) in [6.45, 7) is 6.52.